The van der Waals surface area contributed by atoms with Crippen LogP contribution in [0.2, 0.25) is 0 Å². The number of nitrogens with zero attached hydrogens (tertiary/aromatic N) is 2. The number of benzene rings is 2. The number of rotatable bonds is 4. The minimum atomic E-state index is 0.129. The van der Waals surface area contributed by atoms with Gasteiger partial charge in [0.2, 0.25) is 0 Å². The first-order valence-electron chi connectivity index (χ1n) is 11.7. The molecule has 5 nitrogen and oxygen atoms in total. The van der Waals surface area contributed by atoms with E-state index >= 15 is 0 Å². The molecule has 0 saturated carbocycles. The largest absolute Gasteiger partial charge is 0.496 e. The van der Waals surface area contributed by atoms with Crippen molar-refractivity contribution in [1.82, 2.24) is 4.90 Å². The molecule has 1 fully saturated rings. The molecule has 2 aromatic carbocycles. The summed E-state index contributed by atoms with van der Waals surface area (Å²) in [5.41, 5.74) is 10.8. The predicted octanol–water partition coefficient (Wildman–Crippen LogP) is 5.76. The van der Waals surface area contributed by atoms with Crippen molar-refractivity contribution in [3.8, 4) is 11.5 Å². The van der Waals surface area contributed by atoms with Crippen molar-refractivity contribution in [3.63, 3.8) is 0 Å². The molecule has 0 radical (unpaired) electrons. The third-order valence-electron chi connectivity index (χ3n) is 7.40. The van der Waals surface area contributed by atoms with E-state index in [-0.39, 0.29) is 6.04 Å². The summed E-state index contributed by atoms with van der Waals surface area (Å²) in [6, 6.07) is 8.61. The van der Waals surface area contributed by atoms with Crippen LogP contribution in [-0.2, 0) is 4.74 Å². The van der Waals surface area contributed by atoms with E-state index in [4.69, 9.17) is 19.2 Å². The lowest BCUT2D eigenvalue weighted by Gasteiger charge is -2.39. The molecule has 178 valence electrons. The summed E-state index contributed by atoms with van der Waals surface area (Å²) < 4.78 is 17.3. The highest BCUT2D eigenvalue weighted by atomic mass is 32.2. The molecule has 3 heterocycles. The highest BCUT2D eigenvalue weighted by Gasteiger charge is 2.39. The Morgan fingerprint density at radius 2 is 1.65 bits per heavy atom. The van der Waals surface area contributed by atoms with E-state index < -0.39 is 0 Å². The average molecular weight is 477 g/mol. The van der Waals surface area contributed by atoms with E-state index in [1.807, 2.05) is 17.8 Å². The molecule has 34 heavy (non-hydrogen) atoms. The van der Waals surface area contributed by atoms with Gasteiger partial charge in [0.15, 0.2) is 5.17 Å². The SMILES string of the molecule is COc1ccc(/C=C2/COCC3=C2N=C2SCCN2C3c2ccc(OC)c(C)c2C)c(C)c1C. The lowest BCUT2D eigenvalue weighted by molar-refractivity contribution is 0.157. The Labute approximate surface area is 206 Å². The van der Waals surface area contributed by atoms with Gasteiger partial charge in [-0.3, -0.25) is 0 Å². The van der Waals surface area contributed by atoms with Crippen LogP contribution in [0, 0.1) is 27.7 Å². The van der Waals surface area contributed by atoms with E-state index in [0.717, 1.165) is 45.8 Å². The molecular weight excluding hydrogens is 444 g/mol. The molecule has 0 aromatic heterocycles. The Balaban J connectivity index is 1.65. The van der Waals surface area contributed by atoms with Gasteiger partial charge in [0, 0.05) is 23.4 Å². The second-order valence-corrected chi connectivity index (χ2v) is 10.2. The molecule has 6 heteroatoms. The zero-order chi connectivity index (χ0) is 24.0. The van der Waals surface area contributed by atoms with E-state index in [2.05, 4.69) is 56.9 Å². The maximum absolute atomic E-state index is 6.18. The summed E-state index contributed by atoms with van der Waals surface area (Å²) in [7, 11) is 3.46. The fourth-order valence-corrected chi connectivity index (χ4v) is 6.17. The van der Waals surface area contributed by atoms with Crippen molar-refractivity contribution in [2.45, 2.75) is 33.7 Å². The number of hydrogen-bond acceptors (Lipinski definition) is 6. The maximum atomic E-state index is 6.18. The number of methoxy groups -OCH3 is 2. The van der Waals surface area contributed by atoms with Crippen LogP contribution in [0.5, 0.6) is 11.5 Å². The minimum absolute atomic E-state index is 0.129. The fourth-order valence-electron chi connectivity index (χ4n) is 5.18. The van der Waals surface area contributed by atoms with Gasteiger partial charge in [0.05, 0.1) is 39.2 Å². The van der Waals surface area contributed by atoms with Gasteiger partial charge in [0.25, 0.3) is 0 Å². The summed E-state index contributed by atoms with van der Waals surface area (Å²) >= 11 is 1.85. The Morgan fingerprint density at radius 1 is 0.941 bits per heavy atom. The van der Waals surface area contributed by atoms with Crippen molar-refractivity contribution < 1.29 is 14.2 Å². The minimum Gasteiger partial charge on any atom is -0.496 e. The molecule has 0 aliphatic carbocycles. The van der Waals surface area contributed by atoms with E-state index in [1.165, 1.54) is 33.4 Å². The van der Waals surface area contributed by atoms with Gasteiger partial charge < -0.3 is 19.1 Å². The molecule has 0 bridgehead atoms. The summed E-state index contributed by atoms with van der Waals surface area (Å²) in [5.74, 6) is 2.91. The monoisotopic (exact) mass is 476 g/mol. The van der Waals surface area contributed by atoms with Crippen molar-refractivity contribution in [1.29, 1.82) is 0 Å². The molecule has 3 aliphatic heterocycles. The second-order valence-electron chi connectivity index (χ2n) is 9.09. The molecule has 0 amide bonds. The summed E-state index contributed by atoms with van der Waals surface area (Å²) in [5, 5.41) is 1.12. The van der Waals surface area contributed by atoms with Gasteiger partial charge in [-0.25, -0.2) is 4.99 Å². The number of ether oxygens (including phenoxy) is 3. The Hall–Kier alpha value is -2.70. The Morgan fingerprint density at radius 3 is 2.38 bits per heavy atom. The van der Waals surface area contributed by atoms with Crippen LogP contribution in [0.1, 0.15) is 39.4 Å². The molecule has 0 N–H and O–H groups in total. The standard InChI is InChI=1S/C28H32N2O3S/c1-16-18(3)24(31-5)9-7-20(16)13-21-14-33-15-23-26(21)29-28-30(11-12-34-28)27(23)22-8-10-25(32-6)19(4)17(22)2/h7-10,13,27H,11-12,14-15H2,1-6H3/b21-13-. The van der Waals surface area contributed by atoms with E-state index in [0.29, 0.717) is 13.2 Å². The first kappa shape index (κ1) is 23.1. The molecule has 0 spiro atoms. The molecular formula is C28H32N2O3S. The van der Waals surface area contributed by atoms with Gasteiger partial charge in [-0.05, 0) is 79.3 Å². The third-order valence-corrected chi connectivity index (χ3v) is 8.38. The van der Waals surface area contributed by atoms with Crippen LogP contribution < -0.4 is 9.47 Å². The number of hydrogen-bond donors (Lipinski definition) is 0. The van der Waals surface area contributed by atoms with E-state index in [9.17, 15) is 0 Å². The molecule has 2 aromatic rings. The highest BCUT2D eigenvalue weighted by Crippen LogP contribution is 2.45. The molecule has 1 unspecified atom stereocenters. The lowest BCUT2D eigenvalue weighted by atomic mass is 9.87. The molecule has 1 atom stereocenters. The fraction of sp³-hybridized carbons (Fsp3) is 0.393. The lowest BCUT2D eigenvalue weighted by Crippen LogP contribution is -2.37. The smallest absolute Gasteiger partial charge is 0.165 e. The van der Waals surface area contributed by atoms with Gasteiger partial charge in [-0.2, -0.15) is 0 Å². The number of amidine groups is 1. The predicted molar refractivity (Wildman–Crippen MR) is 140 cm³/mol. The number of fused-ring (bicyclic) bond motifs is 1. The summed E-state index contributed by atoms with van der Waals surface area (Å²) in [6.07, 6.45) is 2.25. The van der Waals surface area contributed by atoms with Crippen molar-refractivity contribution in [3.05, 3.63) is 74.5 Å². The topological polar surface area (TPSA) is 43.3 Å². The zero-order valence-electron chi connectivity index (χ0n) is 20.8. The van der Waals surface area contributed by atoms with Crippen LogP contribution >= 0.6 is 11.8 Å². The van der Waals surface area contributed by atoms with Crippen LogP contribution in [0.3, 0.4) is 0 Å². The van der Waals surface area contributed by atoms with Crippen molar-refractivity contribution in [2.24, 2.45) is 4.99 Å². The van der Waals surface area contributed by atoms with Gasteiger partial charge >= 0.3 is 0 Å². The molecule has 3 aliphatic rings. The first-order chi connectivity index (χ1) is 16.4. The van der Waals surface area contributed by atoms with Crippen LogP contribution in [0.4, 0.5) is 0 Å². The van der Waals surface area contributed by atoms with Crippen LogP contribution in [0.25, 0.3) is 6.08 Å². The first-order valence-corrected chi connectivity index (χ1v) is 12.7. The molecule has 1 saturated heterocycles. The normalized spacial score (nSPS) is 20.9. The van der Waals surface area contributed by atoms with Crippen molar-refractivity contribution >= 4 is 23.0 Å². The van der Waals surface area contributed by atoms with Gasteiger partial charge in [-0.15, -0.1) is 0 Å². The van der Waals surface area contributed by atoms with Crippen LogP contribution in [0.15, 0.2) is 46.1 Å². The summed E-state index contributed by atoms with van der Waals surface area (Å²) in [6.45, 7) is 10.8. The Bertz CT molecular complexity index is 1240. The second kappa shape index (κ2) is 9.16. The average Bonchev–Trinajstić information content (AvgIpc) is 3.31. The quantitative estimate of drug-likeness (QED) is 0.561. The number of thioether (sulfide) groups is 1. The van der Waals surface area contributed by atoms with Crippen molar-refractivity contribution in [2.75, 3.05) is 39.7 Å². The summed E-state index contributed by atoms with van der Waals surface area (Å²) in [4.78, 5) is 7.63. The van der Waals surface area contributed by atoms with E-state index in [1.54, 1.807) is 14.2 Å². The van der Waals surface area contributed by atoms with Crippen LogP contribution in [-0.4, -0.2) is 49.8 Å². The zero-order valence-corrected chi connectivity index (χ0v) is 21.6. The maximum Gasteiger partial charge on any atom is 0.165 e. The van der Waals surface area contributed by atoms with Gasteiger partial charge in [-0.1, -0.05) is 23.9 Å². The number of aliphatic imine (C=N–C) groups is 1. The molecule has 5 rings (SSSR count). The highest BCUT2D eigenvalue weighted by molar-refractivity contribution is 8.14. The van der Waals surface area contributed by atoms with Gasteiger partial charge in [0.1, 0.15) is 11.5 Å². The Kier molecular flexibility index (Phi) is 6.21. The third kappa shape index (κ3) is 3.73.